The summed E-state index contributed by atoms with van der Waals surface area (Å²) in [5.74, 6) is -0.586. The molecule has 4 aromatic carbocycles. The van der Waals surface area contributed by atoms with Crippen molar-refractivity contribution in [3.8, 4) is 11.5 Å². The third kappa shape index (κ3) is 6.18. The van der Waals surface area contributed by atoms with Gasteiger partial charge in [0.1, 0.15) is 4.90 Å². The number of carbonyl (C=O) groups is 2. The summed E-state index contributed by atoms with van der Waals surface area (Å²) in [6.45, 7) is 1.35. The zero-order valence-electron chi connectivity index (χ0n) is 20.3. The van der Waals surface area contributed by atoms with Crippen LogP contribution in [0.15, 0.2) is 93.3 Å². The maximum Gasteiger partial charge on any atom is 0.339 e. The van der Waals surface area contributed by atoms with Crippen LogP contribution in [0.25, 0.3) is 10.8 Å². The normalized spacial score (nSPS) is 11.3. The molecular formula is C27H22BrN3O6S. The Labute approximate surface area is 227 Å². The summed E-state index contributed by atoms with van der Waals surface area (Å²) >= 11 is 3.32. The molecule has 0 bridgehead atoms. The number of rotatable bonds is 8. The molecule has 194 valence electrons. The van der Waals surface area contributed by atoms with E-state index in [0.29, 0.717) is 16.8 Å². The number of hydrogen-bond donors (Lipinski definition) is 2. The molecule has 0 radical (unpaired) electrons. The molecule has 0 atom stereocenters. The summed E-state index contributed by atoms with van der Waals surface area (Å²) in [4.78, 5) is 23.8. The molecule has 0 saturated carbocycles. The van der Waals surface area contributed by atoms with Crippen LogP contribution in [0.1, 0.15) is 22.8 Å². The van der Waals surface area contributed by atoms with E-state index in [-0.39, 0.29) is 32.7 Å². The van der Waals surface area contributed by atoms with E-state index < -0.39 is 10.1 Å². The number of hydrazone groups is 1. The third-order valence-electron chi connectivity index (χ3n) is 5.32. The molecule has 0 aliphatic heterocycles. The Morgan fingerprint density at radius 3 is 2.39 bits per heavy atom. The van der Waals surface area contributed by atoms with Crippen molar-refractivity contribution < 1.29 is 26.9 Å². The van der Waals surface area contributed by atoms with Gasteiger partial charge in [0, 0.05) is 18.2 Å². The first kappa shape index (κ1) is 26.8. The Hall–Kier alpha value is -4.22. The second-order valence-electron chi connectivity index (χ2n) is 8.00. The van der Waals surface area contributed by atoms with Crippen molar-refractivity contribution in [1.82, 2.24) is 5.43 Å². The van der Waals surface area contributed by atoms with E-state index in [1.54, 1.807) is 18.2 Å². The van der Waals surface area contributed by atoms with Crippen LogP contribution in [-0.2, 0) is 14.9 Å². The van der Waals surface area contributed by atoms with Crippen LogP contribution >= 0.6 is 15.9 Å². The van der Waals surface area contributed by atoms with Gasteiger partial charge >= 0.3 is 10.1 Å². The number of anilines is 1. The number of benzene rings is 4. The number of halogens is 1. The summed E-state index contributed by atoms with van der Waals surface area (Å²) < 4.78 is 36.7. The van der Waals surface area contributed by atoms with E-state index in [1.165, 1.54) is 50.6 Å². The molecule has 9 nitrogen and oxygen atoms in total. The summed E-state index contributed by atoms with van der Waals surface area (Å²) in [5, 5.41) is 8.34. The summed E-state index contributed by atoms with van der Waals surface area (Å²) in [6, 6.07) is 21.6. The highest BCUT2D eigenvalue weighted by Gasteiger charge is 2.22. The lowest BCUT2D eigenvalue weighted by molar-refractivity contribution is -0.114. The first-order chi connectivity index (χ1) is 18.2. The van der Waals surface area contributed by atoms with E-state index in [9.17, 15) is 18.0 Å². The van der Waals surface area contributed by atoms with Gasteiger partial charge in [-0.05, 0) is 74.7 Å². The fourth-order valence-electron chi connectivity index (χ4n) is 3.61. The number of methoxy groups -OCH3 is 1. The highest BCUT2D eigenvalue weighted by Crippen LogP contribution is 2.38. The van der Waals surface area contributed by atoms with Crippen LogP contribution in [0.3, 0.4) is 0 Å². The molecule has 2 N–H and O–H groups in total. The largest absolute Gasteiger partial charge is 0.493 e. The van der Waals surface area contributed by atoms with Crippen LogP contribution in [0.2, 0.25) is 0 Å². The lowest BCUT2D eigenvalue weighted by atomic mass is 10.0. The molecule has 0 spiro atoms. The second kappa shape index (κ2) is 11.4. The average molecular weight is 596 g/mol. The summed E-state index contributed by atoms with van der Waals surface area (Å²) in [5.41, 5.74) is 3.95. The average Bonchev–Trinajstić information content (AvgIpc) is 2.89. The molecule has 0 aromatic heterocycles. The van der Waals surface area contributed by atoms with Crippen LogP contribution in [0.4, 0.5) is 5.69 Å². The van der Waals surface area contributed by atoms with Crippen molar-refractivity contribution in [2.75, 3.05) is 12.4 Å². The Bertz CT molecular complexity index is 1650. The molecule has 4 aromatic rings. The number of amides is 2. The van der Waals surface area contributed by atoms with E-state index in [2.05, 4.69) is 31.8 Å². The van der Waals surface area contributed by atoms with Gasteiger partial charge in [-0.2, -0.15) is 13.5 Å². The van der Waals surface area contributed by atoms with Crippen molar-refractivity contribution in [3.05, 3.63) is 94.5 Å². The topological polar surface area (TPSA) is 123 Å². The lowest BCUT2D eigenvalue weighted by Crippen LogP contribution is -2.18. The summed E-state index contributed by atoms with van der Waals surface area (Å²) in [6.07, 6.45) is 1.40. The second-order valence-corrected chi connectivity index (χ2v) is 10.4. The fourth-order valence-corrected chi connectivity index (χ4v) is 5.22. The minimum atomic E-state index is -4.22. The quantitative estimate of drug-likeness (QED) is 0.166. The third-order valence-corrected chi connectivity index (χ3v) is 7.15. The van der Waals surface area contributed by atoms with Crippen LogP contribution < -0.4 is 19.7 Å². The standard InChI is InChI=1S/C27H22BrN3O6S/c1-17(32)30-20-10-12-21(13-11-20)38(34,35)37-26-24(28)14-18(15-25(26)36-2)16-29-31-27(33)23-9-5-7-19-6-3-4-8-22(19)23/h3-16H,1-2H3,(H,30,32)(H,31,33)/b29-16-. The molecule has 4 rings (SSSR count). The van der Waals surface area contributed by atoms with Crippen molar-refractivity contribution >= 4 is 60.5 Å². The smallest absolute Gasteiger partial charge is 0.339 e. The molecule has 0 aliphatic carbocycles. The van der Waals surface area contributed by atoms with Gasteiger partial charge in [0.25, 0.3) is 5.91 Å². The molecule has 2 amide bonds. The molecule has 0 fully saturated rings. The van der Waals surface area contributed by atoms with Gasteiger partial charge in [0.2, 0.25) is 5.91 Å². The zero-order valence-corrected chi connectivity index (χ0v) is 22.7. The molecule has 38 heavy (non-hydrogen) atoms. The molecule has 0 aliphatic rings. The van der Waals surface area contributed by atoms with Gasteiger partial charge < -0.3 is 14.2 Å². The monoisotopic (exact) mass is 595 g/mol. The Balaban J connectivity index is 1.51. The minimum Gasteiger partial charge on any atom is -0.493 e. The van der Waals surface area contributed by atoms with E-state index in [0.717, 1.165) is 10.8 Å². The predicted octanol–water partition coefficient (Wildman–Crippen LogP) is 5.10. The van der Waals surface area contributed by atoms with E-state index in [4.69, 9.17) is 8.92 Å². The predicted molar refractivity (Wildman–Crippen MR) is 148 cm³/mol. The fraction of sp³-hybridized carbons (Fsp3) is 0.0741. The number of ether oxygens (including phenoxy) is 1. The number of nitrogens with one attached hydrogen (secondary N) is 2. The van der Waals surface area contributed by atoms with E-state index in [1.807, 2.05) is 30.3 Å². The molecule has 0 heterocycles. The molecular weight excluding hydrogens is 574 g/mol. The number of fused-ring (bicyclic) bond motifs is 1. The first-order valence-corrected chi connectivity index (χ1v) is 13.4. The van der Waals surface area contributed by atoms with Gasteiger partial charge in [-0.3, -0.25) is 9.59 Å². The van der Waals surface area contributed by atoms with E-state index >= 15 is 0 Å². The maximum absolute atomic E-state index is 12.9. The lowest BCUT2D eigenvalue weighted by Gasteiger charge is -2.13. The van der Waals surface area contributed by atoms with Crippen LogP contribution in [0, 0.1) is 0 Å². The SMILES string of the molecule is COc1cc(/C=N\NC(=O)c2cccc3ccccc23)cc(Br)c1OS(=O)(=O)c1ccc(NC(C)=O)cc1. The van der Waals surface area contributed by atoms with Gasteiger partial charge in [-0.1, -0.05) is 36.4 Å². The number of hydrogen-bond acceptors (Lipinski definition) is 7. The van der Waals surface area contributed by atoms with Gasteiger partial charge in [-0.15, -0.1) is 0 Å². The van der Waals surface area contributed by atoms with Crippen LogP contribution in [0.5, 0.6) is 11.5 Å². The highest BCUT2D eigenvalue weighted by atomic mass is 79.9. The van der Waals surface area contributed by atoms with Gasteiger partial charge in [-0.25, -0.2) is 5.43 Å². The van der Waals surface area contributed by atoms with Crippen molar-refractivity contribution in [2.24, 2.45) is 5.10 Å². The molecule has 0 saturated heterocycles. The Morgan fingerprint density at radius 1 is 0.974 bits per heavy atom. The number of carbonyl (C=O) groups excluding carboxylic acids is 2. The summed E-state index contributed by atoms with van der Waals surface area (Å²) in [7, 11) is -2.85. The van der Waals surface area contributed by atoms with Crippen molar-refractivity contribution in [1.29, 1.82) is 0 Å². The maximum atomic E-state index is 12.9. The Kier molecular flexibility index (Phi) is 8.08. The molecule has 11 heteroatoms. The van der Waals surface area contributed by atoms with Gasteiger partial charge in [0.05, 0.1) is 17.8 Å². The van der Waals surface area contributed by atoms with Crippen LogP contribution in [-0.4, -0.2) is 33.6 Å². The van der Waals surface area contributed by atoms with Crippen molar-refractivity contribution in [3.63, 3.8) is 0 Å². The first-order valence-electron chi connectivity index (χ1n) is 11.2. The molecule has 0 unspecified atom stereocenters. The highest BCUT2D eigenvalue weighted by molar-refractivity contribution is 9.10. The number of nitrogens with zero attached hydrogens (tertiary/aromatic N) is 1. The van der Waals surface area contributed by atoms with Gasteiger partial charge in [0.15, 0.2) is 11.5 Å². The zero-order chi connectivity index (χ0) is 27.3. The Morgan fingerprint density at radius 2 is 1.68 bits per heavy atom. The van der Waals surface area contributed by atoms with Crippen molar-refractivity contribution in [2.45, 2.75) is 11.8 Å². The minimum absolute atomic E-state index is 0.0598.